The van der Waals surface area contributed by atoms with Gasteiger partial charge in [0.05, 0.1) is 0 Å². The van der Waals surface area contributed by atoms with Gasteiger partial charge in [-0.15, -0.1) is 11.3 Å². The molecule has 0 saturated heterocycles. The summed E-state index contributed by atoms with van der Waals surface area (Å²) >= 11 is 1.49. The molecule has 15 heavy (non-hydrogen) atoms. The molecule has 0 fully saturated rings. The topological polar surface area (TPSA) is 57.5 Å². The Kier molecular flexibility index (Phi) is 4.80. The van der Waals surface area contributed by atoms with Gasteiger partial charge in [0.2, 0.25) is 0 Å². The Morgan fingerprint density at radius 1 is 1.47 bits per heavy atom. The molecule has 2 N–H and O–H groups in total. The fourth-order valence-electron chi connectivity index (χ4n) is 0.991. The van der Waals surface area contributed by atoms with Crippen LogP contribution in [0.3, 0.4) is 0 Å². The number of carboxylic acids is 1. The van der Waals surface area contributed by atoms with E-state index in [9.17, 15) is 4.79 Å². The molecule has 80 valence electrons. The number of aliphatic hydroxyl groups excluding tert-OH is 1. The second kappa shape index (κ2) is 6.16. The summed E-state index contributed by atoms with van der Waals surface area (Å²) in [6, 6.07) is 1.90. The van der Waals surface area contributed by atoms with Crippen LogP contribution in [0.2, 0.25) is 0 Å². The number of aliphatic hydroxyl groups is 1. The first-order valence-electron chi connectivity index (χ1n) is 4.49. The van der Waals surface area contributed by atoms with Gasteiger partial charge in [0.25, 0.3) is 0 Å². The summed E-state index contributed by atoms with van der Waals surface area (Å²) in [7, 11) is 0. The molecule has 1 heterocycles. The molecular weight excluding hydrogens is 212 g/mol. The van der Waals surface area contributed by atoms with Crippen molar-refractivity contribution in [2.75, 3.05) is 6.61 Å². The summed E-state index contributed by atoms with van der Waals surface area (Å²) in [5, 5.41) is 18.9. The number of hydrogen-bond acceptors (Lipinski definition) is 3. The highest BCUT2D eigenvalue weighted by atomic mass is 32.1. The average Bonchev–Trinajstić information content (AvgIpc) is 2.63. The van der Waals surface area contributed by atoms with Gasteiger partial charge in [-0.3, -0.25) is 0 Å². The zero-order valence-electron chi connectivity index (χ0n) is 8.09. The molecule has 0 aliphatic heterocycles. The molecule has 0 aliphatic rings. The maximum Gasteiger partial charge on any atom is 0.328 e. The number of thiophene rings is 1. The molecule has 0 atom stereocenters. The molecular formula is C11H12O3S. The maximum atomic E-state index is 10.3. The smallest absolute Gasteiger partial charge is 0.328 e. The summed E-state index contributed by atoms with van der Waals surface area (Å²) < 4.78 is 0. The van der Waals surface area contributed by atoms with Crippen LogP contribution in [0.15, 0.2) is 23.6 Å². The number of aliphatic carboxylic acids is 1. The van der Waals surface area contributed by atoms with Crippen molar-refractivity contribution in [2.24, 2.45) is 0 Å². The van der Waals surface area contributed by atoms with Crippen LogP contribution >= 0.6 is 11.3 Å². The predicted molar refractivity (Wildman–Crippen MR) is 61.7 cm³/mol. The van der Waals surface area contributed by atoms with Crippen molar-refractivity contribution in [3.8, 4) is 0 Å². The molecule has 0 bridgehead atoms. The zero-order chi connectivity index (χ0) is 11.1. The van der Waals surface area contributed by atoms with E-state index in [4.69, 9.17) is 10.2 Å². The van der Waals surface area contributed by atoms with Crippen LogP contribution in [0, 0.1) is 0 Å². The van der Waals surface area contributed by atoms with Gasteiger partial charge in [0.1, 0.15) is 0 Å². The summed E-state index contributed by atoms with van der Waals surface area (Å²) in [6.07, 6.45) is 7.11. The number of hydrogen-bond donors (Lipinski definition) is 2. The first-order valence-corrected chi connectivity index (χ1v) is 5.37. The van der Waals surface area contributed by atoms with Crippen LogP contribution in [-0.2, 0) is 4.79 Å². The minimum absolute atomic E-state index is 0.145. The second-order valence-electron chi connectivity index (χ2n) is 2.87. The Morgan fingerprint density at radius 2 is 2.27 bits per heavy atom. The van der Waals surface area contributed by atoms with E-state index in [0.717, 1.165) is 16.5 Å². The molecule has 0 radical (unpaired) electrons. The van der Waals surface area contributed by atoms with Crippen LogP contribution in [0.25, 0.3) is 12.2 Å². The van der Waals surface area contributed by atoms with E-state index < -0.39 is 5.97 Å². The van der Waals surface area contributed by atoms with Gasteiger partial charge in [-0.25, -0.2) is 4.79 Å². The van der Waals surface area contributed by atoms with Crippen molar-refractivity contribution < 1.29 is 15.0 Å². The molecule has 1 rings (SSSR count). The summed E-state index contributed by atoms with van der Waals surface area (Å²) in [5.74, 6) is -0.944. The van der Waals surface area contributed by atoms with Gasteiger partial charge in [-0.05, 0) is 29.5 Å². The Balaban J connectivity index is 2.60. The fourth-order valence-corrected chi connectivity index (χ4v) is 1.76. The first kappa shape index (κ1) is 11.7. The third-order valence-electron chi connectivity index (χ3n) is 1.64. The lowest BCUT2D eigenvalue weighted by Gasteiger charge is -1.84. The van der Waals surface area contributed by atoms with Crippen LogP contribution in [0.4, 0.5) is 0 Å². The zero-order valence-corrected chi connectivity index (χ0v) is 8.91. The molecule has 3 nitrogen and oxygen atoms in total. The van der Waals surface area contributed by atoms with E-state index in [1.54, 1.807) is 6.08 Å². The second-order valence-corrected chi connectivity index (χ2v) is 3.81. The van der Waals surface area contributed by atoms with Crippen molar-refractivity contribution in [3.05, 3.63) is 34.0 Å². The standard InChI is InChI=1S/C11H12O3S/c12-6-2-1-3-9-7-10(15-8-9)4-5-11(13)14/h1,3-5,7-8,12H,2,6H2,(H,13,14)/b3-1?,5-4+. The van der Waals surface area contributed by atoms with Gasteiger partial charge in [-0.2, -0.15) is 0 Å². The summed E-state index contributed by atoms with van der Waals surface area (Å²) in [4.78, 5) is 11.2. The molecule has 0 aliphatic carbocycles. The Morgan fingerprint density at radius 3 is 2.93 bits per heavy atom. The Hall–Kier alpha value is -1.39. The van der Waals surface area contributed by atoms with Crippen molar-refractivity contribution in [1.29, 1.82) is 0 Å². The van der Waals surface area contributed by atoms with E-state index >= 15 is 0 Å². The van der Waals surface area contributed by atoms with Crippen molar-refractivity contribution >= 4 is 29.5 Å². The van der Waals surface area contributed by atoms with Crippen LogP contribution < -0.4 is 0 Å². The highest BCUT2D eigenvalue weighted by molar-refractivity contribution is 7.11. The van der Waals surface area contributed by atoms with E-state index in [1.165, 1.54) is 11.3 Å². The lowest BCUT2D eigenvalue weighted by atomic mass is 10.2. The van der Waals surface area contributed by atoms with Crippen LogP contribution in [-0.4, -0.2) is 22.8 Å². The van der Waals surface area contributed by atoms with Crippen molar-refractivity contribution in [2.45, 2.75) is 6.42 Å². The number of carbonyl (C=O) groups is 1. The van der Waals surface area contributed by atoms with Gasteiger partial charge in [0.15, 0.2) is 0 Å². The molecule has 1 aromatic rings. The van der Waals surface area contributed by atoms with Crippen molar-refractivity contribution in [3.63, 3.8) is 0 Å². The Labute approximate surface area is 92.0 Å². The van der Waals surface area contributed by atoms with Crippen LogP contribution in [0.1, 0.15) is 16.9 Å². The minimum Gasteiger partial charge on any atom is -0.478 e. The van der Waals surface area contributed by atoms with E-state index in [1.807, 2.05) is 23.6 Å². The van der Waals surface area contributed by atoms with E-state index in [2.05, 4.69) is 0 Å². The van der Waals surface area contributed by atoms with Gasteiger partial charge >= 0.3 is 5.97 Å². The lowest BCUT2D eigenvalue weighted by molar-refractivity contribution is -0.131. The fraction of sp³-hybridized carbons (Fsp3) is 0.182. The largest absolute Gasteiger partial charge is 0.478 e. The summed E-state index contributed by atoms with van der Waals surface area (Å²) in [5.41, 5.74) is 1.03. The minimum atomic E-state index is -0.944. The quantitative estimate of drug-likeness (QED) is 0.754. The average molecular weight is 224 g/mol. The molecule has 0 amide bonds. The maximum absolute atomic E-state index is 10.3. The van der Waals surface area contributed by atoms with Gasteiger partial charge < -0.3 is 10.2 Å². The first-order chi connectivity index (χ1) is 7.22. The number of rotatable bonds is 5. The molecule has 0 aromatic carbocycles. The highest BCUT2D eigenvalue weighted by Gasteiger charge is 1.94. The van der Waals surface area contributed by atoms with Crippen LogP contribution in [0.5, 0.6) is 0 Å². The Bertz CT molecular complexity index is 377. The molecule has 4 heteroatoms. The third kappa shape index (κ3) is 4.58. The van der Waals surface area contributed by atoms with E-state index in [0.29, 0.717) is 6.42 Å². The monoisotopic (exact) mass is 224 g/mol. The normalized spacial score (nSPS) is 11.5. The molecule has 0 spiro atoms. The molecule has 0 saturated carbocycles. The highest BCUT2D eigenvalue weighted by Crippen LogP contribution is 2.17. The molecule has 0 unspecified atom stereocenters. The lowest BCUT2D eigenvalue weighted by Crippen LogP contribution is -1.84. The van der Waals surface area contributed by atoms with Gasteiger partial charge in [-0.1, -0.05) is 12.2 Å². The van der Waals surface area contributed by atoms with Gasteiger partial charge in [0, 0.05) is 17.6 Å². The van der Waals surface area contributed by atoms with Crippen molar-refractivity contribution in [1.82, 2.24) is 0 Å². The SMILES string of the molecule is O=C(O)/C=C/c1cc(C=CCCO)cs1. The third-order valence-corrected chi connectivity index (χ3v) is 2.55. The van der Waals surface area contributed by atoms with E-state index in [-0.39, 0.29) is 6.61 Å². The summed E-state index contributed by atoms with van der Waals surface area (Å²) in [6.45, 7) is 0.145. The molecule has 1 aromatic heterocycles. The predicted octanol–water partition coefficient (Wildman–Crippen LogP) is 2.24. The number of carboxylic acid groups (broad SMARTS) is 1.